The lowest BCUT2D eigenvalue weighted by molar-refractivity contribution is -0.0157. The fourth-order valence-electron chi connectivity index (χ4n) is 4.78. The second-order valence-electron chi connectivity index (χ2n) is 5.99. The van der Waals surface area contributed by atoms with Gasteiger partial charge in [-0.2, -0.15) is 0 Å². The third kappa shape index (κ3) is 1.25. The molecule has 0 radical (unpaired) electrons. The van der Waals surface area contributed by atoms with Gasteiger partial charge in [-0.15, -0.1) is 0 Å². The minimum Gasteiger partial charge on any atom is -0.379 e. The molecule has 0 aromatic rings. The van der Waals surface area contributed by atoms with Crippen LogP contribution in [0.3, 0.4) is 0 Å². The van der Waals surface area contributed by atoms with Gasteiger partial charge in [0.05, 0.1) is 12.2 Å². The maximum absolute atomic E-state index is 6.48. The van der Waals surface area contributed by atoms with Crippen molar-refractivity contribution >= 4 is 0 Å². The number of methoxy groups -OCH3 is 2. The molecule has 0 aromatic carbocycles. The summed E-state index contributed by atoms with van der Waals surface area (Å²) in [5, 5.41) is 0. The first-order valence-corrected chi connectivity index (χ1v) is 6.52. The topological polar surface area (TPSA) is 44.5 Å². The van der Waals surface area contributed by atoms with Gasteiger partial charge in [0, 0.05) is 20.3 Å². The molecule has 3 heteroatoms. The average Bonchev–Trinajstić information content (AvgIpc) is 2.97. The van der Waals surface area contributed by atoms with Gasteiger partial charge in [-0.05, 0) is 49.4 Å². The normalized spacial score (nSPS) is 55.3. The number of ether oxygens (including phenoxy) is 2. The van der Waals surface area contributed by atoms with Crippen molar-refractivity contribution in [1.82, 2.24) is 0 Å². The Bertz CT molecular complexity index is 265. The van der Waals surface area contributed by atoms with Gasteiger partial charge >= 0.3 is 0 Å². The molecule has 3 nitrogen and oxygen atoms in total. The van der Waals surface area contributed by atoms with Gasteiger partial charge in [-0.3, -0.25) is 0 Å². The van der Waals surface area contributed by atoms with Gasteiger partial charge in [-0.1, -0.05) is 0 Å². The van der Waals surface area contributed by atoms with Gasteiger partial charge in [0.15, 0.2) is 0 Å². The van der Waals surface area contributed by atoms with Crippen LogP contribution in [0.25, 0.3) is 0 Å². The van der Waals surface area contributed by atoms with E-state index in [0.29, 0.717) is 11.5 Å². The van der Waals surface area contributed by atoms with Crippen molar-refractivity contribution < 1.29 is 9.47 Å². The summed E-state index contributed by atoms with van der Waals surface area (Å²) in [6.45, 7) is 0. The number of nitrogens with two attached hydrogens (primary N) is 1. The van der Waals surface area contributed by atoms with E-state index in [2.05, 4.69) is 0 Å². The van der Waals surface area contributed by atoms with Crippen LogP contribution in [-0.2, 0) is 9.47 Å². The second-order valence-corrected chi connectivity index (χ2v) is 5.99. The third-order valence-corrected chi connectivity index (χ3v) is 5.64. The van der Waals surface area contributed by atoms with Crippen LogP contribution in [0.4, 0.5) is 0 Å². The van der Waals surface area contributed by atoms with Crippen LogP contribution in [0.2, 0.25) is 0 Å². The standard InChI is InChI=1S/C13H23NO2/c1-15-10-6-13(7-11(10)16-2)9-4-3-8(5-9)12(13)14/h8-12H,3-7,14H2,1-2H3/t8-,9+,10+,11?,12-,13?/m1/s1. The highest BCUT2D eigenvalue weighted by Gasteiger charge is 2.61. The van der Waals surface area contributed by atoms with E-state index in [0.717, 1.165) is 24.7 Å². The lowest BCUT2D eigenvalue weighted by Gasteiger charge is -2.39. The molecule has 6 atom stereocenters. The zero-order valence-electron chi connectivity index (χ0n) is 10.3. The highest BCUT2D eigenvalue weighted by atomic mass is 16.5. The summed E-state index contributed by atoms with van der Waals surface area (Å²) >= 11 is 0. The summed E-state index contributed by atoms with van der Waals surface area (Å²) in [6.07, 6.45) is 6.84. The predicted octanol–water partition coefficient (Wildman–Crippen LogP) is 1.55. The Kier molecular flexibility index (Phi) is 2.54. The SMILES string of the molecule is COC1CC2(C[C@@H]1OC)[C@H]1CC[C@H](C1)[C@H]2N. The molecule has 0 aliphatic heterocycles. The maximum atomic E-state index is 6.48. The van der Waals surface area contributed by atoms with Crippen LogP contribution in [0.15, 0.2) is 0 Å². The molecule has 2 unspecified atom stereocenters. The van der Waals surface area contributed by atoms with E-state index >= 15 is 0 Å². The second kappa shape index (κ2) is 3.69. The molecule has 0 saturated heterocycles. The smallest absolute Gasteiger partial charge is 0.0838 e. The highest BCUT2D eigenvalue weighted by Crippen LogP contribution is 2.62. The molecule has 16 heavy (non-hydrogen) atoms. The van der Waals surface area contributed by atoms with Crippen molar-refractivity contribution in [2.75, 3.05) is 14.2 Å². The Balaban J connectivity index is 1.85. The first-order chi connectivity index (χ1) is 7.71. The van der Waals surface area contributed by atoms with E-state index in [-0.39, 0.29) is 12.2 Å². The quantitative estimate of drug-likeness (QED) is 0.775. The summed E-state index contributed by atoms with van der Waals surface area (Å²) in [5.41, 5.74) is 6.82. The van der Waals surface area contributed by atoms with Crippen LogP contribution in [0, 0.1) is 17.3 Å². The molecular weight excluding hydrogens is 202 g/mol. The number of fused-ring (bicyclic) bond motifs is 3. The van der Waals surface area contributed by atoms with Crippen LogP contribution < -0.4 is 5.73 Å². The van der Waals surface area contributed by atoms with Crippen molar-refractivity contribution in [3.8, 4) is 0 Å². The largest absolute Gasteiger partial charge is 0.379 e. The van der Waals surface area contributed by atoms with Gasteiger partial charge < -0.3 is 15.2 Å². The molecule has 2 N–H and O–H groups in total. The summed E-state index contributed by atoms with van der Waals surface area (Å²) < 4.78 is 11.2. The van der Waals surface area contributed by atoms with Crippen molar-refractivity contribution in [1.29, 1.82) is 0 Å². The molecule has 0 amide bonds. The Morgan fingerprint density at radius 1 is 1.06 bits per heavy atom. The maximum Gasteiger partial charge on any atom is 0.0838 e. The van der Waals surface area contributed by atoms with Gasteiger partial charge in [0.25, 0.3) is 0 Å². The summed E-state index contributed by atoms with van der Waals surface area (Å²) in [7, 11) is 3.60. The van der Waals surface area contributed by atoms with Crippen LogP contribution >= 0.6 is 0 Å². The summed E-state index contributed by atoms with van der Waals surface area (Å²) in [5.74, 6) is 1.61. The van der Waals surface area contributed by atoms with Crippen LogP contribution in [0.5, 0.6) is 0 Å². The Hall–Kier alpha value is -0.120. The van der Waals surface area contributed by atoms with E-state index in [1.165, 1.54) is 19.3 Å². The van der Waals surface area contributed by atoms with E-state index in [1.54, 1.807) is 14.2 Å². The lowest BCUT2D eigenvalue weighted by Crippen LogP contribution is -2.45. The monoisotopic (exact) mass is 225 g/mol. The minimum atomic E-state index is 0.260. The van der Waals surface area contributed by atoms with E-state index in [1.807, 2.05) is 0 Å². The number of hydrogen-bond acceptors (Lipinski definition) is 3. The van der Waals surface area contributed by atoms with Crippen molar-refractivity contribution in [3.05, 3.63) is 0 Å². The van der Waals surface area contributed by atoms with Crippen LogP contribution in [0.1, 0.15) is 32.1 Å². The zero-order valence-corrected chi connectivity index (χ0v) is 10.3. The van der Waals surface area contributed by atoms with E-state index in [4.69, 9.17) is 15.2 Å². The lowest BCUT2D eigenvalue weighted by atomic mass is 9.69. The minimum absolute atomic E-state index is 0.260. The Morgan fingerprint density at radius 3 is 2.12 bits per heavy atom. The molecular formula is C13H23NO2. The molecule has 2 bridgehead atoms. The first-order valence-electron chi connectivity index (χ1n) is 6.52. The molecule has 92 valence electrons. The molecule has 3 saturated carbocycles. The molecule has 0 aromatic heterocycles. The van der Waals surface area contributed by atoms with Crippen LogP contribution in [-0.4, -0.2) is 32.5 Å². The van der Waals surface area contributed by atoms with Crippen molar-refractivity contribution in [3.63, 3.8) is 0 Å². The fourth-order valence-corrected chi connectivity index (χ4v) is 4.78. The predicted molar refractivity (Wildman–Crippen MR) is 62.1 cm³/mol. The highest BCUT2D eigenvalue weighted by molar-refractivity contribution is 5.13. The Morgan fingerprint density at radius 2 is 1.69 bits per heavy atom. The molecule has 1 spiro atoms. The van der Waals surface area contributed by atoms with Gasteiger partial charge in [0.1, 0.15) is 0 Å². The number of hydrogen-bond donors (Lipinski definition) is 1. The van der Waals surface area contributed by atoms with Gasteiger partial charge in [0.2, 0.25) is 0 Å². The number of rotatable bonds is 2. The fraction of sp³-hybridized carbons (Fsp3) is 1.00. The zero-order chi connectivity index (χ0) is 11.3. The molecule has 3 aliphatic carbocycles. The molecule has 3 rings (SSSR count). The van der Waals surface area contributed by atoms with Crippen molar-refractivity contribution in [2.45, 2.75) is 50.4 Å². The van der Waals surface area contributed by atoms with Gasteiger partial charge in [-0.25, -0.2) is 0 Å². The third-order valence-electron chi connectivity index (χ3n) is 5.64. The summed E-state index contributed by atoms with van der Waals surface area (Å²) in [4.78, 5) is 0. The first kappa shape index (κ1) is 11.0. The Labute approximate surface area is 97.7 Å². The summed E-state index contributed by atoms with van der Waals surface area (Å²) in [6, 6.07) is 0.393. The molecule has 3 fully saturated rings. The molecule has 0 heterocycles. The van der Waals surface area contributed by atoms with E-state index in [9.17, 15) is 0 Å². The average molecular weight is 225 g/mol. The van der Waals surface area contributed by atoms with Crippen molar-refractivity contribution in [2.24, 2.45) is 23.0 Å². The van der Waals surface area contributed by atoms with E-state index < -0.39 is 0 Å². The molecule has 3 aliphatic rings.